The molecule has 0 aliphatic rings. The Bertz CT molecular complexity index is 1160. The van der Waals surface area contributed by atoms with E-state index in [9.17, 15) is 9.59 Å². The minimum atomic E-state index is -0.466. The van der Waals surface area contributed by atoms with Crippen molar-refractivity contribution >= 4 is 33.4 Å². The second kappa shape index (κ2) is 10.1. The van der Waals surface area contributed by atoms with E-state index in [0.29, 0.717) is 27.6 Å². The van der Waals surface area contributed by atoms with Gasteiger partial charge >= 0.3 is 5.97 Å². The Morgan fingerprint density at radius 1 is 1.06 bits per heavy atom. The average molecular weight is 445 g/mol. The zero-order valence-corrected chi connectivity index (χ0v) is 18.7. The molecule has 0 unspecified atom stereocenters. The van der Waals surface area contributed by atoms with Crippen LogP contribution in [-0.4, -0.2) is 43.9 Å². The lowest BCUT2D eigenvalue weighted by molar-refractivity contribution is -0.143. The summed E-state index contributed by atoms with van der Waals surface area (Å²) < 4.78 is 23.8. The largest absolute Gasteiger partial charge is 0.493 e. The van der Waals surface area contributed by atoms with Crippen LogP contribution in [0.4, 0.5) is 0 Å². The van der Waals surface area contributed by atoms with E-state index in [1.165, 1.54) is 18.4 Å². The molecule has 0 saturated heterocycles. The number of fused-ring (bicyclic) bond motifs is 1. The molecule has 0 fully saturated rings. The molecular weight excluding hydrogens is 420 g/mol. The van der Waals surface area contributed by atoms with Crippen LogP contribution in [0, 0.1) is 6.92 Å². The van der Waals surface area contributed by atoms with E-state index in [-0.39, 0.29) is 19.8 Å². The topological polar surface area (TPSA) is 88.4 Å². The molecule has 1 amide bonds. The minimum absolute atomic E-state index is 0.0892. The fourth-order valence-electron chi connectivity index (χ4n) is 2.97. The fourth-order valence-corrected chi connectivity index (χ4v) is 4.02. The fraction of sp³-hybridized carbons (Fsp3) is 0.318. The molecule has 9 heteroatoms. The highest BCUT2D eigenvalue weighted by atomic mass is 32.1. The van der Waals surface area contributed by atoms with Crippen molar-refractivity contribution in [1.82, 2.24) is 4.57 Å². The van der Waals surface area contributed by atoms with Gasteiger partial charge in [-0.1, -0.05) is 29.5 Å². The van der Waals surface area contributed by atoms with E-state index in [2.05, 4.69) is 4.99 Å². The van der Waals surface area contributed by atoms with Gasteiger partial charge in [-0.15, -0.1) is 0 Å². The van der Waals surface area contributed by atoms with E-state index in [1.54, 1.807) is 36.8 Å². The van der Waals surface area contributed by atoms with Gasteiger partial charge < -0.3 is 23.5 Å². The molecule has 0 radical (unpaired) electrons. The molecule has 1 aromatic heterocycles. The van der Waals surface area contributed by atoms with Gasteiger partial charge in [0.15, 0.2) is 22.9 Å². The third-order valence-corrected chi connectivity index (χ3v) is 5.49. The first-order valence-corrected chi connectivity index (χ1v) is 10.5. The summed E-state index contributed by atoms with van der Waals surface area (Å²) in [7, 11) is 3.07. The van der Waals surface area contributed by atoms with E-state index >= 15 is 0 Å². The van der Waals surface area contributed by atoms with Crippen LogP contribution in [0.15, 0.2) is 41.4 Å². The smallest absolute Gasteiger partial charge is 0.326 e. The molecule has 3 aromatic rings. The molecule has 0 spiro atoms. The lowest BCUT2D eigenvalue weighted by Gasteiger charge is -2.09. The number of carbonyl (C=O) groups excluding carboxylic acids is 2. The minimum Gasteiger partial charge on any atom is -0.493 e. The van der Waals surface area contributed by atoms with Crippen molar-refractivity contribution in [2.75, 3.05) is 27.4 Å². The maximum atomic E-state index is 12.5. The van der Waals surface area contributed by atoms with Crippen molar-refractivity contribution in [3.63, 3.8) is 0 Å². The molecule has 0 aliphatic carbocycles. The molecule has 0 saturated carbocycles. The lowest BCUT2D eigenvalue weighted by atomic mass is 10.2. The van der Waals surface area contributed by atoms with Crippen LogP contribution in [0.2, 0.25) is 0 Å². The zero-order chi connectivity index (χ0) is 22.4. The maximum absolute atomic E-state index is 12.5. The van der Waals surface area contributed by atoms with Gasteiger partial charge in [0.05, 0.1) is 31.0 Å². The number of hydrogen-bond donors (Lipinski definition) is 0. The van der Waals surface area contributed by atoms with Crippen LogP contribution < -0.4 is 19.0 Å². The van der Waals surface area contributed by atoms with Crippen molar-refractivity contribution in [2.24, 2.45) is 4.99 Å². The molecule has 164 valence electrons. The van der Waals surface area contributed by atoms with Crippen molar-refractivity contribution in [3.05, 3.63) is 46.8 Å². The van der Waals surface area contributed by atoms with Crippen LogP contribution in [-0.2, 0) is 20.9 Å². The Morgan fingerprint density at radius 2 is 1.77 bits per heavy atom. The molecule has 3 rings (SSSR count). The number of aromatic nitrogens is 1. The van der Waals surface area contributed by atoms with Crippen molar-refractivity contribution in [1.29, 1.82) is 0 Å². The summed E-state index contributed by atoms with van der Waals surface area (Å²) in [5.74, 6) is 0.774. The average Bonchev–Trinajstić information content (AvgIpc) is 3.07. The second-order valence-electron chi connectivity index (χ2n) is 6.51. The van der Waals surface area contributed by atoms with Gasteiger partial charge in [0.25, 0.3) is 5.91 Å². The number of hydrogen-bond acceptors (Lipinski definition) is 7. The highest BCUT2D eigenvalue weighted by molar-refractivity contribution is 7.16. The van der Waals surface area contributed by atoms with Gasteiger partial charge in [-0.3, -0.25) is 9.59 Å². The number of esters is 1. The summed E-state index contributed by atoms with van der Waals surface area (Å²) >= 11 is 1.26. The number of benzene rings is 2. The van der Waals surface area contributed by atoms with Gasteiger partial charge in [-0.2, -0.15) is 4.99 Å². The number of aryl methyl sites for hydroxylation is 1. The number of methoxy groups -OCH3 is 2. The van der Waals surface area contributed by atoms with Crippen LogP contribution >= 0.6 is 11.3 Å². The van der Waals surface area contributed by atoms with Gasteiger partial charge in [-0.25, -0.2) is 0 Å². The highest BCUT2D eigenvalue weighted by Crippen LogP contribution is 2.33. The van der Waals surface area contributed by atoms with Crippen LogP contribution in [0.3, 0.4) is 0 Å². The van der Waals surface area contributed by atoms with Crippen LogP contribution in [0.1, 0.15) is 12.5 Å². The van der Waals surface area contributed by atoms with E-state index < -0.39 is 11.9 Å². The second-order valence-corrected chi connectivity index (χ2v) is 7.52. The number of para-hydroxylation sites is 1. The van der Waals surface area contributed by atoms with E-state index in [4.69, 9.17) is 18.9 Å². The van der Waals surface area contributed by atoms with Crippen molar-refractivity contribution < 1.29 is 28.5 Å². The summed E-state index contributed by atoms with van der Waals surface area (Å²) in [4.78, 5) is 29.2. The Hall–Kier alpha value is -3.33. The van der Waals surface area contributed by atoms with E-state index in [0.717, 1.165) is 10.3 Å². The van der Waals surface area contributed by atoms with Gasteiger partial charge in [-0.05, 0) is 25.5 Å². The number of ether oxygens (including phenoxy) is 4. The first-order chi connectivity index (χ1) is 15.0. The lowest BCUT2D eigenvalue weighted by Crippen LogP contribution is -2.24. The van der Waals surface area contributed by atoms with Crippen LogP contribution in [0.25, 0.3) is 10.2 Å². The summed E-state index contributed by atoms with van der Waals surface area (Å²) in [5.41, 5.74) is 1.61. The Balaban J connectivity index is 1.99. The van der Waals surface area contributed by atoms with Crippen LogP contribution in [0.5, 0.6) is 17.2 Å². The molecule has 31 heavy (non-hydrogen) atoms. The standard InChI is InChI=1S/C22H24N2O6S/c1-5-29-21(26)12-24-15-10-17(27-3)18(28-4)11-19(15)31-22(24)23-20(25)13-30-16-9-7-6-8-14(16)2/h6-11H,5,12-13H2,1-4H3. The summed E-state index contributed by atoms with van der Waals surface area (Å²) in [6.07, 6.45) is 0. The molecule has 0 N–H and O–H groups in total. The number of carbonyl (C=O) groups is 2. The normalized spacial score (nSPS) is 11.4. The predicted molar refractivity (Wildman–Crippen MR) is 117 cm³/mol. The molecule has 0 atom stereocenters. The molecule has 0 aliphatic heterocycles. The number of rotatable bonds is 8. The summed E-state index contributed by atoms with van der Waals surface area (Å²) in [5, 5.41) is 0. The first kappa shape index (κ1) is 22.4. The highest BCUT2D eigenvalue weighted by Gasteiger charge is 2.16. The predicted octanol–water partition coefficient (Wildman–Crippen LogP) is 3.10. The molecule has 2 aromatic carbocycles. The van der Waals surface area contributed by atoms with E-state index in [1.807, 2.05) is 25.1 Å². The SMILES string of the molecule is CCOC(=O)Cn1c(=NC(=O)COc2ccccc2C)sc2cc(OC)c(OC)cc21. The summed E-state index contributed by atoms with van der Waals surface area (Å²) in [6.45, 7) is 3.59. The quantitative estimate of drug-likeness (QED) is 0.496. The third kappa shape index (κ3) is 5.24. The zero-order valence-electron chi connectivity index (χ0n) is 17.8. The Morgan fingerprint density at radius 3 is 2.45 bits per heavy atom. The molecule has 8 nitrogen and oxygen atoms in total. The maximum Gasteiger partial charge on any atom is 0.326 e. The third-order valence-electron chi connectivity index (χ3n) is 4.45. The van der Waals surface area contributed by atoms with Gasteiger partial charge in [0.2, 0.25) is 0 Å². The number of amides is 1. The molecular formula is C22H24N2O6S. The summed E-state index contributed by atoms with van der Waals surface area (Å²) in [6, 6.07) is 11.0. The number of nitrogens with zero attached hydrogens (tertiary/aromatic N) is 2. The Kier molecular flexibility index (Phi) is 7.30. The monoisotopic (exact) mass is 444 g/mol. The Labute approximate surface area is 183 Å². The number of thiazole rings is 1. The van der Waals surface area contributed by atoms with Gasteiger partial charge in [0.1, 0.15) is 12.3 Å². The molecule has 1 heterocycles. The van der Waals surface area contributed by atoms with Gasteiger partial charge in [0, 0.05) is 12.1 Å². The first-order valence-electron chi connectivity index (χ1n) is 9.63. The van der Waals surface area contributed by atoms with Crippen molar-refractivity contribution in [3.8, 4) is 17.2 Å². The molecule has 0 bridgehead atoms. The van der Waals surface area contributed by atoms with Crippen molar-refractivity contribution in [2.45, 2.75) is 20.4 Å².